The van der Waals surface area contributed by atoms with Gasteiger partial charge in [0, 0.05) is 28.9 Å². The van der Waals surface area contributed by atoms with Crippen LogP contribution in [0.1, 0.15) is 22.6 Å². The summed E-state index contributed by atoms with van der Waals surface area (Å²) in [6.07, 6.45) is 11.8. The molecule has 0 heterocycles. The first kappa shape index (κ1) is 31.6. The lowest BCUT2D eigenvalue weighted by Gasteiger charge is -2.29. The zero-order valence-electron chi connectivity index (χ0n) is 30.3. The van der Waals surface area contributed by atoms with E-state index in [9.17, 15) is 0 Å². The normalized spacial score (nSPS) is 16.6. The summed E-state index contributed by atoms with van der Waals surface area (Å²) >= 11 is 0. The fourth-order valence-electron chi connectivity index (χ4n) is 9.19. The minimum absolute atomic E-state index is 0.339. The molecule has 11 rings (SSSR count). The van der Waals surface area contributed by atoms with E-state index >= 15 is 0 Å². The van der Waals surface area contributed by atoms with E-state index in [1.807, 2.05) is 0 Å². The number of rotatable bonds is 6. The lowest BCUT2D eigenvalue weighted by molar-refractivity contribution is 0.724. The Morgan fingerprint density at radius 3 is 1.96 bits per heavy atom. The second-order valence-corrected chi connectivity index (χ2v) is 14.9. The molecule has 0 amide bonds. The summed E-state index contributed by atoms with van der Waals surface area (Å²) < 4.78 is 0. The van der Waals surface area contributed by atoms with Gasteiger partial charge in [0.2, 0.25) is 0 Å². The first-order valence-electron chi connectivity index (χ1n) is 19.2. The van der Waals surface area contributed by atoms with E-state index in [0.717, 1.165) is 17.1 Å². The van der Waals surface area contributed by atoms with Crippen molar-refractivity contribution in [1.82, 2.24) is 0 Å². The van der Waals surface area contributed by atoms with Crippen LogP contribution in [0.5, 0.6) is 0 Å². The predicted molar refractivity (Wildman–Crippen MR) is 233 cm³/mol. The maximum atomic E-state index is 2.51. The maximum Gasteiger partial charge on any atom is 0.0467 e. The van der Waals surface area contributed by atoms with E-state index in [0.29, 0.717) is 11.8 Å². The van der Waals surface area contributed by atoms with Crippen molar-refractivity contribution in [1.29, 1.82) is 0 Å². The van der Waals surface area contributed by atoms with Gasteiger partial charge in [0.05, 0.1) is 0 Å². The summed E-state index contributed by atoms with van der Waals surface area (Å²) in [5.41, 5.74) is 16.3. The Bertz CT molecular complexity index is 2920. The average Bonchev–Trinajstić information content (AvgIpc) is 3.58. The molecule has 1 heteroatoms. The molecule has 2 atom stereocenters. The summed E-state index contributed by atoms with van der Waals surface area (Å²) in [5, 5.41) is 5.11. The third kappa shape index (κ3) is 5.39. The van der Waals surface area contributed by atoms with Gasteiger partial charge in [-0.3, -0.25) is 0 Å². The van der Waals surface area contributed by atoms with E-state index < -0.39 is 0 Å². The topological polar surface area (TPSA) is 3.24 Å². The molecule has 2 unspecified atom stereocenters. The van der Waals surface area contributed by atoms with Crippen LogP contribution in [0.4, 0.5) is 17.1 Å². The van der Waals surface area contributed by atoms with Crippen molar-refractivity contribution in [2.45, 2.75) is 5.92 Å². The number of hydrogen-bond acceptors (Lipinski definition) is 1. The third-order valence-electron chi connectivity index (χ3n) is 11.8. The Morgan fingerprint density at radius 2 is 1.09 bits per heavy atom. The van der Waals surface area contributed by atoms with Gasteiger partial charge in [-0.15, -0.1) is 0 Å². The summed E-state index contributed by atoms with van der Waals surface area (Å²) in [6, 6.07) is 66.6. The zero-order valence-corrected chi connectivity index (χ0v) is 30.3. The Morgan fingerprint density at radius 1 is 0.436 bits per heavy atom. The monoisotopic (exact) mass is 699 g/mol. The molecule has 0 radical (unpaired) electrons. The molecule has 0 saturated carbocycles. The van der Waals surface area contributed by atoms with Crippen molar-refractivity contribution in [3.05, 3.63) is 235 Å². The minimum Gasteiger partial charge on any atom is -0.310 e. The molecular weight excluding hydrogens is 663 g/mol. The van der Waals surface area contributed by atoms with Gasteiger partial charge in [-0.2, -0.15) is 0 Å². The highest BCUT2D eigenvalue weighted by Gasteiger charge is 2.39. The van der Waals surface area contributed by atoms with Crippen LogP contribution >= 0.6 is 0 Å². The molecule has 3 aliphatic carbocycles. The first-order valence-corrected chi connectivity index (χ1v) is 19.2. The van der Waals surface area contributed by atoms with Crippen LogP contribution in [0.25, 0.3) is 54.9 Å². The Kier molecular flexibility index (Phi) is 7.38. The van der Waals surface area contributed by atoms with Crippen LogP contribution < -0.4 is 4.90 Å². The fraction of sp³-hybridized carbons (Fsp3) is 0.0370. The van der Waals surface area contributed by atoms with Gasteiger partial charge in [-0.25, -0.2) is 0 Å². The number of anilines is 3. The zero-order chi connectivity index (χ0) is 36.3. The molecule has 0 saturated heterocycles. The molecule has 55 heavy (non-hydrogen) atoms. The van der Waals surface area contributed by atoms with Crippen LogP contribution in [0.3, 0.4) is 0 Å². The summed E-state index contributed by atoms with van der Waals surface area (Å²) in [7, 11) is 0. The van der Waals surface area contributed by atoms with Crippen LogP contribution in [0.15, 0.2) is 218 Å². The van der Waals surface area contributed by atoms with Crippen molar-refractivity contribution >= 4 is 49.8 Å². The number of fused-ring (bicyclic) bond motifs is 6. The van der Waals surface area contributed by atoms with Gasteiger partial charge in [0.1, 0.15) is 0 Å². The maximum absolute atomic E-state index is 2.51. The smallest absolute Gasteiger partial charge is 0.0467 e. The average molecular weight is 700 g/mol. The largest absolute Gasteiger partial charge is 0.310 e. The molecule has 8 aromatic rings. The lowest BCUT2D eigenvalue weighted by atomic mass is 9.76. The molecule has 258 valence electrons. The van der Waals surface area contributed by atoms with E-state index in [4.69, 9.17) is 0 Å². The summed E-state index contributed by atoms with van der Waals surface area (Å²) in [4.78, 5) is 2.40. The van der Waals surface area contributed by atoms with Crippen LogP contribution in [-0.4, -0.2) is 0 Å². The Hall–Kier alpha value is -6.96. The molecule has 1 nitrogen and oxygen atoms in total. The summed E-state index contributed by atoms with van der Waals surface area (Å²) in [6.45, 7) is 0. The van der Waals surface area contributed by atoms with Crippen molar-refractivity contribution in [2.24, 2.45) is 5.92 Å². The van der Waals surface area contributed by atoms with Crippen LogP contribution in [-0.2, 0) is 0 Å². The molecule has 0 aliphatic heterocycles. The van der Waals surface area contributed by atoms with Crippen LogP contribution in [0, 0.1) is 5.92 Å². The number of nitrogens with zero attached hydrogens (tertiary/aromatic N) is 1. The van der Waals surface area contributed by atoms with Crippen molar-refractivity contribution in [3.8, 4) is 22.3 Å². The quantitative estimate of drug-likeness (QED) is 0.156. The fourth-order valence-corrected chi connectivity index (χ4v) is 9.19. The van der Waals surface area contributed by atoms with E-state index in [2.05, 4.69) is 217 Å². The SMILES string of the molecule is C1=CC2=CC(c3cccc(N(c4ccc(-c5ccc6c(ccc7ccccc76)c5)cc4)c4cccc(-c5ccccc5)c4)c3)=CC3c4ccccc4C(=C1)C23. The van der Waals surface area contributed by atoms with Gasteiger partial charge in [0.25, 0.3) is 0 Å². The predicted octanol–water partition coefficient (Wildman–Crippen LogP) is 14.5. The second-order valence-electron chi connectivity index (χ2n) is 14.9. The molecule has 0 bridgehead atoms. The summed E-state index contributed by atoms with van der Waals surface area (Å²) in [5.74, 6) is 0.734. The highest BCUT2D eigenvalue weighted by molar-refractivity contribution is 6.08. The lowest BCUT2D eigenvalue weighted by Crippen LogP contribution is -2.14. The molecular formula is C54H37N. The van der Waals surface area contributed by atoms with Gasteiger partial charge in [-0.1, -0.05) is 170 Å². The minimum atomic E-state index is 0.339. The highest BCUT2D eigenvalue weighted by atomic mass is 15.1. The molecule has 0 fully saturated rings. The Labute approximate surface area is 322 Å². The second kappa shape index (κ2) is 12.9. The van der Waals surface area contributed by atoms with E-state index in [1.54, 1.807) is 0 Å². The Balaban J connectivity index is 1.00. The van der Waals surface area contributed by atoms with Gasteiger partial charge < -0.3 is 4.90 Å². The van der Waals surface area contributed by atoms with Gasteiger partial charge in [-0.05, 0) is 120 Å². The molecule has 0 N–H and O–H groups in total. The molecule has 3 aliphatic rings. The van der Waals surface area contributed by atoms with E-state index in [1.165, 1.54) is 77.2 Å². The third-order valence-corrected chi connectivity index (χ3v) is 11.8. The number of benzene rings is 8. The van der Waals surface area contributed by atoms with Crippen molar-refractivity contribution in [3.63, 3.8) is 0 Å². The van der Waals surface area contributed by atoms with Gasteiger partial charge >= 0.3 is 0 Å². The number of hydrogen-bond donors (Lipinski definition) is 0. The first-order chi connectivity index (χ1) is 27.2. The van der Waals surface area contributed by atoms with Gasteiger partial charge in [0.15, 0.2) is 0 Å². The molecule has 0 spiro atoms. The highest BCUT2D eigenvalue weighted by Crippen LogP contribution is 2.55. The molecule has 8 aromatic carbocycles. The van der Waals surface area contributed by atoms with E-state index in [-0.39, 0.29) is 0 Å². The molecule has 0 aromatic heterocycles. The van der Waals surface area contributed by atoms with Crippen molar-refractivity contribution < 1.29 is 0 Å². The number of allylic oxidation sites excluding steroid dienone is 8. The van der Waals surface area contributed by atoms with Crippen LogP contribution in [0.2, 0.25) is 0 Å². The standard InChI is InChI=1S/C54H37N/c1-2-11-36(12-3-1)39-14-8-17-46(33-39)55(45-28-25-37(26-29-45)41-27-30-49-42(31-41)24-23-38-13-4-5-19-48(38)49)47-18-9-15-40(34-47)44-32-43-16-10-22-52-50-20-6-7-21-51(50)53(35-44)54(43)52/h1-35,53-54H. The van der Waals surface area contributed by atoms with Crippen molar-refractivity contribution in [2.75, 3.05) is 4.90 Å².